The minimum atomic E-state index is 0.682. The van der Waals surface area contributed by atoms with Crippen LogP contribution >= 0.6 is 0 Å². The number of anilines is 2. The summed E-state index contributed by atoms with van der Waals surface area (Å²) in [5.41, 5.74) is 6.80. The van der Waals surface area contributed by atoms with Crippen molar-refractivity contribution in [3.63, 3.8) is 0 Å². The third-order valence-electron chi connectivity index (χ3n) is 9.06. The highest BCUT2D eigenvalue weighted by Gasteiger charge is 2.19. The van der Waals surface area contributed by atoms with E-state index in [0.717, 1.165) is 77.2 Å². The molecule has 3 heterocycles. The maximum atomic E-state index is 6.47. The predicted octanol–water partition coefficient (Wildman–Crippen LogP) is 4.64. The number of nitrogens with one attached hydrogen (secondary N) is 2. The highest BCUT2D eigenvalue weighted by Crippen LogP contribution is 2.32. The molecule has 50 heavy (non-hydrogen) atoms. The molecular weight excluding hydrogens is 622 g/mol. The van der Waals surface area contributed by atoms with E-state index in [2.05, 4.69) is 56.2 Å². The van der Waals surface area contributed by atoms with Crippen LogP contribution < -0.4 is 30.5 Å². The van der Waals surface area contributed by atoms with Gasteiger partial charge in [-0.15, -0.1) is 0 Å². The SMILES string of the molecule is CN(C)c1ccc2nc3c4ccccc4c(=[NH+]c4cccc(/[NH+]=c5\cc6oc7cc(N(C)C)ccc7nc-6c6ccccc56)n4)cc-3oc2c1. The molecule has 2 aliphatic heterocycles. The van der Waals surface area contributed by atoms with Crippen molar-refractivity contribution in [3.8, 4) is 22.9 Å². The largest absolute Gasteiger partial charge is 0.453 e. The molecule has 4 aliphatic rings. The van der Waals surface area contributed by atoms with Crippen molar-refractivity contribution < 1.29 is 18.8 Å². The molecule has 242 valence electrons. The lowest BCUT2D eigenvalue weighted by atomic mass is 10.0. The molecule has 0 saturated carbocycles. The number of fused-ring (bicyclic) bond motifs is 8. The molecular formula is C41H33N7O2+2. The molecule has 0 amide bonds. The second kappa shape index (κ2) is 11.5. The smallest absolute Gasteiger partial charge is 0.326 e. The Bertz CT molecular complexity index is 2660. The van der Waals surface area contributed by atoms with Crippen molar-refractivity contribution in [1.29, 1.82) is 0 Å². The molecule has 2 N–H and O–H groups in total. The van der Waals surface area contributed by atoms with Gasteiger partial charge in [-0.2, -0.15) is 0 Å². The Kier molecular flexibility index (Phi) is 6.80. The first kappa shape index (κ1) is 29.5. The molecule has 0 fully saturated rings. The van der Waals surface area contributed by atoms with Gasteiger partial charge in [-0.1, -0.05) is 48.5 Å². The molecule has 2 aliphatic carbocycles. The van der Waals surface area contributed by atoms with Crippen LogP contribution in [0.3, 0.4) is 0 Å². The number of hydrogen-bond donors (Lipinski definition) is 2. The lowest BCUT2D eigenvalue weighted by Gasteiger charge is -2.14. The Morgan fingerprint density at radius 3 is 1.34 bits per heavy atom. The van der Waals surface area contributed by atoms with Crippen molar-refractivity contribution in [2.45, 2.75) is 0 Å². The first-order chi connectivity index (χ1) is 24.4. The van der Waals surface area contributed by atoms with Gasteiger partial charge in [0.05, 0.1) is 0 Å². The predicted molar refractivity (Wildman–Crippen MR) is 197 cm³/mol. The van der Waals surface area contributed by atoms with Crippen molar-refractivity contribution in [2.24, 2.45) is 0 Å². The molecule has 0 spiro atoms. The summed E-state index contributed by atoms with van der Waals surface area (Å²) in [6.45, 7) is 0. The summed E-state index contributed by atoms with van der Waals surface area (Å²) < 4.78 is 12.9. The van der Waals surface area contributed by atoms with Gasteiger partial charge >= 0.3 is 11.6 Å². The topological polar surface area (TPSA) is 99.4 Å². The van der Waals surface area contributed by atoms with Crippen molar-refractivity contribution >= 4 is 66.8 Å². The zero-order chi connectivity index (χ0) is 33.9. The van der Waals surface area contributed by atoms with Crippen LogP contribution in [0.4, 0.5) is 23.0 Å². The molecule has 0 radical (unpaired) electrons. The summed E-state index contributed by atoms with van der Waals surface area (Å²) in [6.07, 6.45) is 0. The van der Waals surface area contributed by atoms with Crippen LogP contribution in [0.25, 0.3) is 66.7 Å². The van der Waals surface area contributed by atoms with Gasteiger partial charge in [0.1, 0.15) is 33.1 Å². The van der Waals surface area contributed by atoms with Gasteiger partial charge in [0.15, 0.2) is 22.7 Å². The summed E-state index contributed by atoms with van der Waals surface area (Å²) in [5.74, 6) is 2.74. The Balaban J connectivity index is 1.21. The minimum Gasteiger partial charge on any atom is -0.453 e. The summed E-state index contributed by atoms with van der Waals surface area (Å²) in [7, 11) is 8.05. The summed E-state index contributed by atoms with van der Waals surface area (Å²) in [5, 5.41) is 5.77. The number of rotatable bonds is 4. The fourth-order valence-corrected chi connectivity index (χ4v) is 6.50. The molecule has 9 rings (SSSR count). The minimum absolute atomic E-state index is 0.682. The van der Waals surface area contributed by atoms with E-state index in [1.807, 2.05) is 107 Å². The molecule has 0 unspecified atom stereocenters. The molecule has 0 saturated heterocycles. The Hall–Kier alpha value is -6.61. The fraction of sp³-hybridized carbons (Fsp3) is 0.0976. The third kappa shape index (κ3) is 5.07. The molecule has 1 aromatic heterocycles. The van der Waals surface area contributed by atoms with E-state index < -0.39 is 0 Å². The molecule has 0 bridgehead atoms. The van der Waals surface area contributed by atoms with E-state index >= 15 is 0 Å². The first-order valence-corrected chi connectivity index (χ1v) is 16.4. The second-order valence-corrected chi connectivity index (χ2v) is 12.8. The van der Waals surface area contributed by atoms with Crippen molar-refractivity contribution in [1.82, 2.24) is 15.0 Å². The maximum Gasteiger partial charge on any atom is 0.326 e. The van der Waals surface area contributed by atoms with Crippen LogP contribution in [0, 0.1) is 0 Å². The van der Waals surface area contributed by atoms with Crippen LogP contribution in [-0.4, -0.2) is 43.1 Å². The Labute approximate surface area is 286 Å². The van der Waals surface area contributed by atoms with Gasteiger partial charge in [-0.25, -0.2) is 20.0 Å². The van der Waals surface area contributed by atoms with Gasteiger partial charge in [0.2, 0.25) is 0 Å². The van der Waals surface area contributed by atoms with Gasteiger partial charge < -0.3 is 18.6 Å². The van der Waals surface area contributed by atoms with E-state index in [9.17, 15) is 0 Å². The fourth-order valence-electron chi connectivity index (χ4n) is 6.50. The Morgan fingerprint density at radius 1 is 0.460 bits per heavy atom. The van der Waals surface area contributed by atoms with Crippen molar-refractivity contribution in [3.05, 3.63) is 126 Å². The number of pyridine rings is 1. The molecule has 9 nitrogen and oxygen atoms in total. The van der Waals surface area contributed by atoms with Gasteiger partial charge in [-0.3, -0.25) is 0 Å². The molecule has 9 heteroatoms. The van der Waals surface area contributed by atoms with E-state index in [1.54, 1.807) is 0 Å². The van der Waals surface area contributed by atoms with Crippen LogP contribution in [-0.2, 0) is 0 Å². The van der Waals surface area contributed by atoms with Gasteiger partial charge in [0, 0.05) is 102 Å². The number of benzene rings is 6. The van der Waals surface area contributed by atoms with E-state index in [-0.39, 0.29) is 0 Å². The second-order valence-electron chi connectivity index (χ2n) is 12.8. The zero-order valence-electron chi connectivity index (χ0n) is 28.0. The normalized spacial score (nSPS) is 12.6. The lowest BCUT2D eigenvalue weighted by Crippen LogP contribution is -2.73. The maximum absolute atomic E-state index is 6.47. The Morgan fingerprint density at radius 2 is 0.900 bits per heavy atom. The van der Waals surface area contributed by atoms with Crippen LogP contribution in [0.5, 0.6) is 0 Å². The van der Waals surface area contributed by atoms with Crippen molar-refractivity contribution in [2.75, 3.05) is 38.0 Å². The average molecular weight is 656 g/mol. The zero-order valence-corrected chi connectivity index (χ0v) is 28.0. The first-order valence-electron chi connectivity index (χ1n) is 16.4. The molecule has 5 aromatic rings. The van der Waals surface area contributed by atoms with Crippen LogP contribution in [0.2, 0.25) is 0 Å². The highest BCUT2D eigenvalue weighted by molar-refractivity contribution is 5.97. The highest BCUT2D eigenvalue weighted by atomic mass is 16.3. The number of nitrogens with zero attached hydrogens (tertiary/aromatic N) is 5. The summed E-state index contributed by atoms with van der Waals surface area (Å²) >= 11 is 0. The monoisotopic (exact) mass is 655 g/mol. The summed E-state index contributed by atoms with van der Waals surface area (Å²) in [6, 6.07) is 38.5. The van der Waals surface area contributed by atoms with Crippen LogP contribution in [0.15, 0.2) is 124 Å². The molecule has 0 atom stereocenters. The summed E-state index contributed by atoms with van der Waals surface area (Å²) in [4.78, 5) is 26.2. The number of aromatic nitrogens is 3. The van der Waals surface area contributed by atoms with Crippen LogP contribution in [0.1, 0.15) is 0 Å². The quantitative estimate of drug-likeness (QED) is 0.211. The van der Waals surface area contributed by atoms with E-state index in [0.29, 0.717) is 23.2 Å². The molecule has 4 aromatic carbocycles. The standard InChI is InChI=1S/C41H31N7O2/c1-47(2)24-16-18-30-34(20-24)49-36-22-32(26-10-5-7-12-28(26)40(36)44-30)42-38-14-9-15-39(46-38)43-33-23-37-41(29-13-8-6-11-27(29)33)45-31-19-17-25(48(3)4)21-35(31)50-37/h5-23H,1-4H3/p+2/b42-32+,43-33?. The average Bonchev–Trinajstić information content (AvgIpc) is 3.13. The van der Waals surface area contributed by atoms with E-state index in [1.165, 1.54) is 0 Å². The van der Waals surface area contributed by atoms with Gasteiger partial charge in [-0.05, 0) is 30.3 Å². The lowest BCUT2D eigenvalue weighted by molar-refractivity contribution is -0.419. The van der Waals surface area contributed by atoms with Gasteiger partial charge in [0.25, 0.3) is 0 Å². The number of hydrogen-bond acceptors (Lipinski definition) is 7. The third-order valence-corrected chi connectivity index (χ3v) is 9.06. The van der Waals surface area contributed by atoms with E-state index in [4.69, 9.17) is 23.8 Å².